The number of benzene rings is 1. The minimum atomic E-state index is -4.29. The Morgan fingerprint density at radius 1 is 1.30 bits per heavy atom. The van der Waals surface area contributed by atoms with Gasteiger partial charge < -0.3 is 10.2 Å². The second-order valence-electron chi connectivity index (χ2n) is 4.57. The van der Waals surface area contributed by atoms with Crippen LogP contribution in [0.25, 0.3) is 0 Å². The number of nitro groups is 1. The van der Waals surface area contributed by atoms with E-state index in [0.29, 0.717) is 12.2 Å². The Kier molecular flexibility index (Phi) is 4.12. The first-order chi connectivity index (χ1) is 9.39. The van der Waals surface area contributed by atoms with E-state index in [1.165, 1.54) is 12.1 Å². The second-order valence-corrected chi connectivity index (χ2v) is 4.57. The van der Waals surface area contributed by atoms with E-state index in [1.807, 2.05) is 0 Å². The molecule has 1 aromatic carbocycles. The number of anilines is 1. The largest absolute Gasteiger partial charge is 0.403 e. The van der Waals surface area contributed by atoms with Crippen molar-refractivity contribution in [1.29, 1.82) is 0 Å². The summed E-state index contributed by atoms with van der Waals surface area (Å²) in [5, 5.41) is 13.4. The molecule has 1 atom stereocenters. The second kappa shape index (κ2) is 5.66. The summed E-state index contributed by atoms with van der Waals surface area (Å²) in [5.41, 5.74) is 0.278. The molecule has 1 aliphatic heterocycles. The van der Waals surface area contributed by atoms with Crippen LogP contribution < -0.4 is 10.2 Å². The molecule has 0 bridgehead atoms. The summed E-state index contributed by atoms with van der Waals surface area (Å²) in [6.45, 7) is 0.565. The molecule has 1 heterocycles. The fourth-order valence-corrected chi connectivity index (χ4v) is 2.28. The van der Waals surface area contributed by atoms with Gasteiger partial charge in [-0.15, -0.1) is 0 Å². The lowest BCUT2D eigenvalue weighted by atomic mass is 10.2. The fourth-order valence-electron chi connectivity index (χ4n) is 2.28. The first kappa shape index (κ1) is 14.6. The molecular weight excluding hydrogens is 275 g/mol. The van der Waals surface area contributed by atoms with Crippen LogP contribution in [0.1, 0.15) is 6.42 Å². The molecule has 20 heavy (non-hydrogen) atoms. The van der Waals surface area contributed by atoms with Crippen LogP contribution in [0.3, 0.4) is 0 Å². The van der Waals surface area contributed by atoms with Gasteiger partial charge in [-0.2, -0.15) is 13.2 Å². The van der Waals surface area contributed by atoms with Gasteiger partial charge >= 0.3 is 6.18 Å². The van der Waals surface area contributed by atoms with Crippen molar-refractivity contribution < 1.29 is 18.1 Å². The Morgan fingerprint density at radius 2 is 2.00 bits per heavy atom. The summed E-state index contributed by atoms with van der Waals surface area (Å²) in [7, 11) is 0. The maximum absolute atomic E-state index is 12.7. The highest BCUT2D eigenvalue weighted by molar-refractivity contribution is 5.63. The maximum atomic E-state index is 12.7. The summed E-state index contributed by atoms with van der Waals surface area (Å²) >= 11 is 0. The average molecular weight is 289 g/mol. The van der Waals surface area contributed by atoms with Crippen LogP contribution in [0.4, 0.5) is 24.5 Å². The summed E-state index contributed by atoms with van der Waals surface area (Å²) in [6, 6.07) is 4.54. The zero-order valence-electron chi connectivity index (χ0n) is 10.6. The third kappa shape index (κ3) is 3.19. The number of hydrogen-bond donors (Lipinski definition) is 1. The molecule has 0 aromatic heterocycles. The van der Waals surface area contributed by atoms with E-state index in [9.17, 15) is 23.3 Å². The first-order valence-electron chi connectivity index (χ1n) is 6.18. The molecule has 2 rings (SSSR count). The summed E-state index contributed by atoms with van der Waals surface area (Å²) in [4.78, 5) is 12.1. The van der Waals surface area contributed by atoms with Gasteiger partial charge in [0.15, 0.2) is 0 Å². The number of alkyl halides is 3. The van der Waals surface area contributed by atoms with Crippen LogP contribution in [0.15, 0.2) is 24.3 Å². The zero-order valence-corrected chi connectivity index (χ0v) is 10.6. The minimum Gasteiger partial charge on any atom is -0.365 e. The van der Waals surface area contributed by atoms with Crippen molar-refractivity contribution in [3.05, 3.63) is 34.4 Å². The molecule has 0 saturated carbocycles. The molecule has 0 radical (unpaired) electrons. The minimum absolute atomic E-state index is 0.0852. The average Bonchev–Trinajstić information content (AvgIpc) is 2.63. The van der Waals surface area contributed by atoms with Gasteiger partial charge in [0.05, 0.1) is 4.92 Å². The molecule has 1 unspecified atom stereocenters. The van der Waals surface area contributed by atoms with Gasteiger partial charge in [0.25, 0.3) is 5.69 Å². The van der Waals surface area contributed by atoms with Gasteiger partial charge in [0.2, 0.25) is 0 Å². The topological polar surface area (TPSA) is 58.4 Å². The van der Waals surface area contributed by atoms with E-state index >= 15 is 0 Å². The van der Waals surface area contributed by atoms with Crippen LogP contribution in [0.5, 0.6) is 0 Å². The highest BCUT2D eigenvalue weighted by Gasteiger charge is 2.40. The van der Waals surface area contributed by atoms with Crippen molar-refractivity contribution in [1.82, 2.24) is 5.32 Å². The molecule has 110 valence electrons. The van der Waals surface area contributed by atoms with Crippen LogP contribution in [-0.2, 0) is 0 Å². The molecule has 0 aliphatic carbocycles. The van der Waals surface area contributed by atoms with Crippen molar-refractivity contribution in [2.24, 2.45) is 0 Å². The molecule has 1 fully saturated rings. The summed E-state index contributed by atoms with van der Waals surface area (Å²) < 4.78 is 38.0. The van der Waals surface area contributed by atoms with Crippen molar-refractivity contribution in [3.8, 4) is 0 Å². The molecule has 1 saturated heterocycles. The van der Waals surface area contributed by atoms with Crippen molar-refractivity contribution >= 4 is 11.4 Å². The highest BCUT2D eigenvalue weighted by Crippen LogP contribution is 2.30. The lowest BCUT2D eigenvalue weighted by Gasteiger charge is -2.22. The number of hydrogen-bond acceptors (Lipinski definition) is 4. The predicted molar refractivity (Wildman–Crippen MR) is 67.8 cm³/mol. The lowest BCUT2D eigenvalue weighted by molar-refractivity contribution is -0.384. The van der Waals surface area contributed by atoms with Crippen molar-refractivity contribution in [3.63, 3.8) is 0 Å². The molecule has 5 nitrogen and oxygen atoms in total. The van der Waals surface area contributed by atoms with Crippen LogP contribution >= 0.6 is 0 Å². The molecule has 1 aliphatic rings. The van der Waals surface area contributed by atoms with Gasteiger partial charge in [-0.25, -0.2) is 0 Å². The van der Waals surface area contributed by atoms with Crippen LogP contribution in [0.2, 0.25) is 0 Å². The van der Waals surface area contributed by atoms with Crippen LogP contribution in [-0.4, -0.2) is 36.8 Å². The Morgan fingerprint density at radius 3 is 2.65 bits per heavy atom. The Hall–Kier alpha value is -1.83. The number of halogens is 3. The van der Waals surface area contributed by atoms with Crippen molar-refractivity contribution in [2.75, 3.05) is 24.5 Å². The summed E-state index contributed by atoms with van der Waals surface area (Å²) in [5.74, 6) is 0. The molecule has 8 heteroatoms. The summed E-state index contributed by atoms with van der Waals surface area (Å²) in [6.07, 6.45) is -4.42. The van der Waals surface area contributed by atoms with E-state index in [-0.39, 0.29) is 25.2 Å². The standard InChI is InChI=1S/C12H14F3N3O2/c13-12(14,15)11-5-7-17(8-6-16-11)9-3-1-2-4-10(9)18(19)20/h1-4,11,16H,5-8H2. The van der Waals surface area contributed by atoms with E-state index in [2.05, 4.69) is 5.32 Å². The fraction of sp³-hybridized carbons (Fsp3) is 0.500. The van der Waals surface area contributed by atoms with Crippen LogP contribution in [0, 0.1) is 10.1 Å². The molecule has 1 aromatic rings. The third-order valence-electron chi connectivity index (χ3n) is 3.27. The van der Waals surface area contributed by atoms with Gasteiger partial charge in [-0.1, -0.05) is 12.1 Å². The van der Waals surface area contributed by atoms with E-state index in [1.54, 1.807) is 17.0 Å². The van der Waals surface area contributed by atoms with Gasteiger partial charge in [0, 0.05) is 25.7 Å². The molecule has 0 amide bonds. The Bertz CT molecular complexity index is 493. The maximum Gasteiger partial charge on any atom is 0.403 e. The van der Waals surface area contributed by atoms with Gasteiger partial charge in [-0.05, 0) is 12.5 Å². The highest BCUT2D eigenvalue weighted by atomic mass is 19.4. The normalized spacial score (nSPS) is 20.6. The number of rotatable bonds is 2. The first-order valence-corrected chi connectivity index (χ1v) is 6.18. The number of nitrogens with zero attached hydrogens (tertiary/aromatic N) is 2. The third-order valence-corrected chi connectivity index (χ3v) is 3.27. The Labute approximate surface area is 113 Å². The van der Waals surface area contributed by atoms with Gasteiger partial charge in [-0.3, -0.25) is 10.1 Å². The monoisotopic (exact) mass is 289 g/mol. The molecular formula is C12H14F3N3O2. The lowest BCUT2D eigenvalue weighted by Crippen LogP contribution is -2.42. The number of nitrogens with one attached hydrogen (secondary N) is 1. The number of nitro benzene ring substituents is 1. The van der Waals surface area contributed by atoms with E-state index in [4.69, 9.17) is 0 Å². The zero-order chi connectivity index (χ0) is 14.8. The number of para-hydroxylation sites is 2. The molecule has 0 spiro atoms. The van der Waals surface area contributed by atoms with Gasteiger partial charge in [0.1, 0.15) is 11.7 Å². The molecule has 1 N–H and O–H groups in total. The quantitative estimate of drug-likeness (QED) is 0.670. The van der Waals surface area contributed by atoms with Crippen molar-refractivity contribution in [2.45, 2.75) is 18.6 Å². The predicted octanol–water partition coefficient (Wildman–Crippen LogP) is 2.33. The van der Waals surface area contributed by atoms with E-state index < -0.39 is 17.1 Å². The SMILES string of the molecule is O=[N+]([O-])c1ccccc1N1CCNC(C(F)(F)F)CC1. The Balaban J connectivity index is 2.17. The smallest absolute Gasteiger partial charge is 0.365 e. The van der Waals surface area contributed by atoms with E-state index in [0.717, 1.165) is 0 Å².